The summed E-state index contributed by atoms with van der Waals surface area (Å²) < 4.78 is 0. The van der Waals surface area contributed by atoms with Crippen LogP contribution in [0.5, 0.6) is 0 Å². The van der Waals surface area contributed by atoms with E-state index in [-0.39, 0.29) is 6.61 Å². The van der Waals surface area contributed by atoms with Crippen molar-refractivity contribution in [3.63, 3.8) is 0 Å². The number of rotatable bonds is 4. The van der Waals surface area contributed by atoms with Crippen LogP contribution in [0.15, 0.2) is 23.6 Å². The molecule has 2 nitrogen and oxygen atoms in total. The highest BCUT2D eigenvalue weighted by molar-refractivity contribution is 7.13. The molecule has 0 aliphatic heterocycles. The minimum absolute atomic E-state index is 0.233. The Kier molecular flexibility index (Phi) is 3.92. The van der Waals surface area contributed by atoms with E-state index in [1.54, 1.807) is 11.3 Å². The summed E-state index contributed by atoms with van der Waals surface area (Å²) in [4.78, 5) is 4.60. The molecule has 90 valence electrons. The minimum atomic E-state index is 0.233. The Hall–Kier alpha value is -1.19. The minimum Gasteiger partial charge on any atom is -0.396 e. The molecule has 0 saturated heterocycles. The van der Waals surface area contributed by atoms with Crippen molar-refractivity contribution in [1.29, 1.82) is 0 Å². The first-order valence-electron chi connectivity index (χ1n) is 5.83. The number of hydrogen-bond acceptors (Lipinski definition) is 3. The largest absolute Gasteiger partial charge is 0.396 e. The third-order valence-electron chi connectivity index (χ3n) is 2.90. The number of aromatic nitrogens is 1. The SMILES string of the molecule is Cc1ccc(-c2nc(CCCO)cs2)cc1C. The predicted octanol–water partition coefficient (Wildman–Crippen LogP) is 3.35. The van der Waals surface area contributed by atoms with E-state index in [1.807, 2.05) is 0 Å². The Labute approximate surface area is 106 Å². The van der Waals surface area contributed by atoms with Gasteiger partial charge < -0.3 is 5.11 Å². The molecule has 0 fully saturated rings. The lowest BCUT2D eigenvalue weighted by atomic mass is 10.1. The molecule has 1 N–H and O–H groups in total. The molecule has 1 aromatic heterocycles. The highest BCUT2D eigenvalue weighted by atomic mass is 32.1. The van der Waals surface area contributed by atoms with Crippen molar-refractivity contribution in [2.24, 2.45) is 0 Å². The molecule has 0 atom stereocenters. The summed E-state index contributed by atoms with van der Waals surface area (Å²) in [6.07, 6.45) is 1.65. The molecule has 0 aliphatic rings. The second-order valence-electron chi connectivity index (χ2n) is 4.27. The highest BCUT2D eigenvalue weighted by Crippen LogP contribution is 2.25. The number of aliphatic hydroxyl groups is 1. The van der Waals surface area contributed by atoms with Crippen LogP contribution < -0.4 is 0 Å². The third-order valence-corrected chi connectivity index (χ3v) is 3.84. The van der Waals surface area contributed by atoms with Crippen LogP contribution in [-0.4, -0.2) is 16.7 Å². The van der Waals surface area contributed by atoms with Crippen molar-refractivity contribution in [3.8, 4) is 10.6 Å². The zero-order valence-corrected chi connectivity index (χ0v) is 11.0. The van der Waals surface area contributed by atoms with Crippen LogP contribution in [0.25, 0.3) is 10.6 Å². The van der Waals surface area contributed by atoms with Gasteiger partial charge >= 0.3 is 0 Å². The fourth-order valence-corrected chi connectivity index (χ4v) is 2.54. The van der Waals surface area contributed by atoms with E-state index in [0.29, 0.717) is 0 Å². The van der Waals surface area contributed by atoms with Gasteiger partial charge in [0, 0.05) is 17.6 Å². The van der Waals surface area contributed by atoms with Crippen LogP contribution in [0, 0.1) is 13.8 Å². The summed E-state index contributed by atoms with van der Waals surface area (Å²) in [5, 5.41) is 11.9. The topological polar surface area (TPSA) is 33.1 Å². The smallest absolute Gasteiger partial charge is 0.123 e. The number of aryl methyl sites for hydroxylation is 3. The van der Waals surface area contributed by atoms with Crippen LogP contribution in [0.3, 0.4) is 0 Å². The number of aliphatic hydroxyl groups excluding tert-OH is 1. The van der Waals surface area contributed by atoms with Gasteiger partial charge in [0.05, 0.1) is 5.69 Å². The molecule has 2 aromatic rings. The van der Waals surface area contributed by atoms with Gasteiger partial charge in [-0.15, -0.1) is 11.3 Å². The zero-order chi connectivity index (χ0) is 12.3. The third kappa shape index (κ3) is 2.93. The van der Waals surface area contributed by atoms with Crippen LogP contribution in [0.1, 0.15) is 23.2 Å². The van der Waals surface area contributed by atoms with Crippen molar-refractivity contribution in [2.75, 3.05) is 6.61 Å². The maximum absolute atomic E-state index is 8.79. The van der Waals surface area contributed by atoms with E-state index in [9.17, 15) is 0 Å². The number of hydrogen-bond donors (Lipinski definition) is 1. The molecular formula is C14H17NOS. The van der Waals surface area contributed by atoms with E-state index in [4.69, 9.17) is 5.11 Å². The summed E-state index contributed by atoms with van der Waals surface area (Å²) in [7, 11) is 0. The van der Waals surface area contributed by atoms with E-state index < -0.39 is 0 Å². The van der Waals surface area contributed by atoms with Gasteiger partial charge in [-0.1, -0.05) is 12.1 Å². The summed E-state index contributed by atoms with van der Waals surface area (Å²) in [6.45, 7) is 4.48. The monoisotopic (exact) mass is 247 g/mol. The van der Waals surface area contributed by atoms with Crippen molar-refractivity contribution in [3.05, 3.63) is 40.4 Å². The van der Waals surface area contributed by atoms with Gasteiger partial charge in [-0.2, -0.15) is 0 Å². The summed E-state index contributed by atoms with van der Waals surface area (Å²) in [5.74, 6) is 0. The van der Waals surface area contributed by atoms with E-state index >= 15 is 0 Å². The molecule has 0 amide bonds. The number of nitrogens with zero attached hydrogens (tertiary/aromatic N) is 1. The average molecular weight is 247 g/mol. The maximum Gasteiger partial charge on any atom is 0.123 e. The predicted molar refractivity (Wildman–Crippen MR) is 72.4 cm³/mol. The van der Waals surface area contributed by atoms with Crippen LogP contribution in [-0.2, 0) is 6.42 Å². The Bertz CT molecular complexity index is 505. The Balaban J connectivity index is 2.21. The van der Waals surface area contributed by atoms with E-state index in [2.05, 4.69) is 42.4 Å². The van der Waals surface area contributed by atoms with Crippen molar-refractivity contribution >= 4 is 11.3 Å². The van der Waals surface area contributed by atoms with Gasteiger partial charge in [0.15, 0.2) is 0 Å². The summed E-state index contributed by atoms with van der Waals surface area (Å²) in [5.41, 5.74) is 4.88. The Morgan fingerprint density at radius 3 is 2.76 bits per heavy atom. The lowest BCUT2D eigenvalue weighted by Crippen LogP contribution is -1.89. The van der Waals surface area contributed by atoms with E-state index in [1.165, 1.54) is 16.7 Å². The average Bonchev–Trinajstić information content (AvgIpc) is 2.79. The van der Waals surface area contributed by atoms with Gasteiger partial charge in [-0.3, -0.25) is 0 Å². The Morgan fingerprint density at radius 1 is 1.24 bits per heavy atom. The molecule has 0 aliphatic carbocycles. The molecule has 1 aromatic carbocycles. The van der Waals surface area contributed by atoms with Crippen molar-refractivity contribution in [2.45, 2.75) is 26.7 Å². The Morgan fingerprint density at radius 2 is 2.06 bits per heavy atom. The molecule has 3 heteroatoms. The van der Waals surface area contributed by atoms with Gasteiger partial charge in [-0.25, -0.2) is 4.98 Å². The van der Waals surface area contributed by atoms with Crippen molar-refractivity contribution < 1.29 is 5.11 Å². The number of benzene rings is 1. The van der Waals surface area contributed by atoms with Gasteiger partial charge in [0.2, 0.25) is 0 Å². The normalized spacial score (nSPS) is 10.8. The molecule has 0 saturated carbocycles. The molecule has 1 heterocycles. The van der Waals surface area contributed by atoms with Gasteiger partial charge in [0.1, 0.15) is 5.01 Å². The molecular weight excluding hydrogens is 230 g/mol. The first kappa shape index (κ1) is 12.3. The van der Waals surface area contributed by atoms with Gasteiger partial charge in [-0.05, 0) is 43.9 Å². The number of thiazole rings is 1. The van der Waals surface area contributed by atoms with Gasteiger partial charge in [0.25, 0.3) is 0 Å². The quantitative estimate of drug-likeness (QED) is 0.898. The molecule has 17 heavy (non-hydrogen) atoms. The molecule has 0 spiro atoms. The van der Waals surface area contributed by atoms with Crippen molar-refractivity contribution in [1.82, 2.24) is 4.98 Å². The lowest BCUT2D eigenvalue weighted by Gasteiger charge is -2.02. The van der Waals surface area contributed by atoms with Crippen LogP contribution >= 0.6 is 11.3 Å². The van der Waals surface area contributed by atoms with Crippen LogP contribution in [0.2, 0.25) is 0 Å². The summed E-state index contributed by atoms with van der Waals surface area (Å²) in [6, 6.07) is 6.44. The molecule has 0 radical (unpaired) electrons. The highest BCUT2D eigenvalue weighted by Gasteiger charge is 2.05. The molecule has 0 unspecified atom stereocenters. The standard InChI is InChI=1S/C14H17NOS/c1-10-5-6-12(8-11(10)2)14-15-13(9-17-14)4-3-7-16/h5-6,8-9,16H,3-4,7H2,1-2H3. The second-order valence-corrected chi connectivity index (χ2v) is 5.13. The maximum atomic E-state index is 8.79. The fraction of sp³-hybridized carbons (Fsp3) is 0.357. The zero-order valence-electron chi connectivity index (χ0n) is 10.2. The fourth-order valence-electron chi connectivity index (χ4n) is 1.69. The first-order valence-corrected chi connectivity index (χ1v) is 6.71. The lowest BCUT2D eigenvalue weighted by molar-refractivity contribution is 0.288. The van der Waals surface area contributed by atoms with Crippen LogP contribution in [0.4, 0.5) is 0 Å². The first-order chi connectivity index (χ1) is 8.20. The molecule has 0 bridgehead atoms. The summed E-state index contributed by atoms with van der Waals surface area (Å²) >= 11 is 1.67. The second kappa shape index (κ2) is 5.43. The molecule has 2 rings (SSSR count). The van der Waals surface area contributed by atoms with E-state index in [0.717, 1.165) is 23.5 Å².